The van der Waals surface area contributed by atoms with Gasteiger partial charge < -0.3 is 4.42 Å². The zero-order valence-corrected chi connectivity index (χ0v) is 17.7. The van der Waals surface area contributed by atoms with E-state index in [2.05, 4.69) is 48.5 Å². The van der Waals surface area contributed by atoms with E-state index < -0.39 is 0 Å². The normalized spacial score (nSPS) is 12.3. The van der Waals surface area contributed by atoms with Crippen LogP contribution < -0.4 is 0 Å². The highest BCUT2D eigenvalue weighted by Gasteiger charge is 2.22. The summed E-state index contributed by atoms with van der Waals surface area (Å²) in [5.74, 6) is 1.74. The monoisotopic (exact) mass is 433 g/mol. The van der Waals surface area contributed by atoms with Crippen LogP contribution in [0.1, 0.15) is 16.6 Å². The molecule has 1 unspecified atom stereocenters. The van der Waals surface area contributed by atoms with Gasteiger partial charge in [0.05, 0.1) is 15.5 Å². The molecule has 0 N–H and O–H groups in total. The third-order valence-corrected chi connectivity index (χ3v) is 7.26. The molecule has 0 saturated carbocycles. The lowest BCUT2D eigenvalue weighted by atomic mass is 10.1. The molecular formula is C24H16ClNOS2. The van der Waals surface area contributed by atoms with Gasteiger partial charge >= 0.3 is 0 Å². The molecule has 2 aromatic heterocycles. The first-order valence-electron chi connectivity index (χ1n) is 9.19. The number of hydrogen-bond acceptors (Lipinski definition) is 4. The fourth-order valence-corrected chi connectivity index (χ4v) is 5.65. The molecule has 0 radical (unpaired) electrons. The van der Waals surface area contributed by atoms with E-state index in [1.165, 1.54) is 10.3 Å². The molecule has 3 aromatic carbocycles. The summed E-state index contributed by atoms with van der Waals surface area (Å²) in [6.45, 7) is 0. The summed E-state index contributed by atoms with van der Waals surface area (Å²) in [5, 5.41) is 0.742. The lowest BCUT2D eigenvalue weighted by Gasteiger charge is -2.13. The van der Waals surface area contributed by atoms with Crippen LogP contribution in [0.15, 0.2) is 99.8 Å². The molecule has 0 spiro atoms. The van der Waals surface area contributed by atoms with Crippen LogP contribution in [-0.2, 0) is 0 Å². The summed E-state index contributed by atoms with van der Waals surface area (Å²) in [4.78, 5) is 4.80. The molecule has 0 amide bonds. The number of rotatable bonds is 5. The van der Waals surface area contributed by atoms with Crippen LogP contribution in [-0.4, -0.2) is 4.98 Å². The maximum Gasteiger partial charge on any atom is 0.152 e. The standard InChI is InChI=1S/C24H16ClNOS2/c25-18-12-10-16(11-13-18)20-14-15-21(27-20)23(17-6-2-1-3-7-17)29-24-26-19-8-4-5-9-22(19)28-24/h1-15,23H. The van der Waals surface area contributed by atoms with Crippen LogP contribution in [0.25, 0.3) is 21.5 Å². The number of halogens is 1. The van der Waals surface area contributed by atoms with Gasteiger partial charge in [-0.1, -0.05) is 65.8 Å². The van der Waals surface area contributed by atoms with E-state index >= 15 is 0 Å². The third-order valence-electron chi connectivity index (χ3n) is 4.61. The van der Waals surface area contributed by atoms with E-state index in [4.69, 9.17) is 21.0 Å². The summed E-state index contributed by atoms with van der Waals surface area (Å²) >= 11 is 9.46. The van der Waals surface area contributed by atoms with E-state index in [1.54, 1.807) is 23.1 Å². The molecule has 2 nitrogen and oxygen atoms in total. The van der Waals surface area contributed by atoms with Crippen LogP contribution in [0, 0.1) is 0 Å². The molecule has 0 aliphatic heterocycles. The number of aromatic nitrogens is 1. The van der Waals surface area contributed by atoms with Gasteiger partial charge in [-0.25, -0.2) is 4.98 Å². The number of hydrogen-bond donors (Lipinski definition) is 0. The minimum atomic E-state index is 0.0258. The predicted molar refractivity (Wildman–Crippen MR) is 123 cm³/mol. The highest BCUT2D eigenvalue weighted by atomic mass is 35.5. The van der Waals surface area contributed by atoms with Crippen LogP contribution >= 0.6 is 34.7 Å². The molecule has 0 fully saturated rings. The molecule has 0 bridgehead atoms. The van der Waals surface area contributed by atoms with E-state index in [0.717, 1.165) is 26.9 Å². The molecule has 0 aliphatic carbocycles. The summed E-state index contributed by atoms with van der Waals surface area (Å²) in [5.41, 5.74) is 3.24. The largest absolute Gasteiger partial charge is 0.460 e. The van der Waals surface area contributed by atoms with Gasteiger partial charge in [0.2, 0.25) is 0 Å². The van der Waals surface area contributed by atoms with Crippen LogP contribution in [0.5, 0.6) is 0 Å². The number of benzene rings is 3. The van der Waals surface area contributed by atoms with Gasteiger partial charge in [0, 0.05) is 10.6 Å². The minimum Gasteiger partial charge on any atom is -0.460 e. The Kier molecular flexibility index (Phi) is 5.15. The summed E-state index contributed by atoms with van der Waals surface area (Å²) in [6, 6.07) is 30.4. The van der Waals surface area contributed by atoms with E-state index in [0.29, 0.717) is 5.02 Å². The number of furan rings is 1. The van der Waals surface area contributed by atoms with Crippen molar-refractivity contribution in [1.29, 1.82) is 0 Å². The number of nitrogens with zero attached hydrogens (tertiary/aromatic N) is 1. The first-order chi connectivity index (χ1) is 14.3. The number of para-hydroxylation sites is 1. The maximum absolute atomic E-state index is 6.29. The first kappa shape index (κ1) is 18.5. The lowest BCUT2D eigenvalue weighted by molar-refractivity contribution is 0.531. The van der Waals surface area contributed by atoms with Crippen molar-refractivity contribution in [3.63, 3.8) is 0 Å². The van der Waals surface area contributed by atoms with Crippen molar-refractivity contribution in [1.82, 2.24) is 4.98 Å². The van der Waals surface area contributed by atoms with Gasteiger partial charge in [0.15, 0.2) is 4.34 Å². The van der Waals surface area contributed by atoms with Crippen molar-refractivity contribution in [2.45, 2.75) is 9.59 Å². The fraction of sp³-hybridized carbons (Fsp3) is 0.0417. The van der Waals surface area contributed by atoms with Crippen molar-refractivity contribution >= 4 is 44.9 Å². The molecule has 142 valence electrons. The smallest absolute Gasteiger partial charge is 0.152 e. The molecule has 0 saturated heterocycles. The Bertz CT molecular complexity index is 1210. The summed E-state index contributed by atoms with van der Waals surface area (Å²) < 4.78 is 8.51. The van der Waals surface area contributed by atoms with Gasteiger partial charge in [0.1, 0.15) is 11.5 Å². The number of thioether (sulfide) groups is 1. The van der Waals surface area contributed by atoms with E-state index in [-0.39, 0.29) is 5.25 Å². The number of fused-ring (bicyclic) bond motifs is 1. The van der Waals surface area contributed by atoms with Gasteiger partial charge in [-0.2, -0.15) is 0 Å². The Morgan fingerprint density at radius 2 is 1.59 bits per heavy atom. The number of thiazole rings is 1. The Morgan fingerprint density at radius 3 is 2.38 bits per heavy atom. The van der Waals surface area contributed by atoms with Crippen LogP contribution in [0.4, 0.5) is 0 Å². The average Bonchev–Trinajstić information content (AvgIpc) is 3.40. The average molecular weight is 434 g/mol. The summed E-state index contributed by atoms with van der Waals surface area (Å²) in [7, 11) is 0. The molecule has 5 rings (SSSR count). The molecule has 5 aromatic rings. The zero-order chi connectivity index (χ0) is 19.6. The predicted octanol–water partition coefficient (Wildman–Crippen LogP) is 8.09. The molecular weight excluding hydrogens is 418 g/mol. The van der Waals surface area contributed by atoms with Crippen molar-refractivity contribution in [2.24, 2.45) is 0 Å². The van der Waals surface area contributed by atoms with Gasteiger partial charge in [-0.3, -0.25) is 0 Å². The molecule has 5 heteroatoms. The Balaban J connectivity index is 1.52. The quantitative estimate of drug-likeness (QED) is 0.262. The second-order valence-electron chi connectivity index (χ2n) is 6.56. The fourth-order valence-electron chi connectivity index (χ4n) is 3.18. The lowest BCUT2D eigenvalue weighted by Crippen LogP contribution is -1.94. The second kappa shape index (κ2) is 8.07. The van der Waals surface area contributed by atoms with E-state index in [9.17, 15) is 0 Å². The highest BCUT2D eigenvalue weighted by molar-refractivity contribution is 8.01. The van der Waals surface area contributed by atoms with Crippen LogP contribution in [0.2, 0.25) is 5.02 Å². The van der Waals surface area contributed by atoms with Gasteiger partial charge in [-0.15, -0.1) is 11.3 Å². The van der Waals surface area contributed by atoms with Gasteiger partial charge in [-0.05, 0) is 54.1 Å². The molecule has 29 heavy (non-hydrogen) atoms. The SMILES string of the molecule is Clc1ccc(-c2ccc(C(Sc3nc4ccccc4s3)c3ccccc3)o2)cc1. The first-order valence-corrected chi connectivity index (χ1v) is 11.3. The van der Waals surface area contributed by atoms with Gasteiger partial charge in [0.25, 0.3) is 0 Å². The molecule has 2 heterocycles. The van der Waals surface area contributed by atoms with E-state index in [1.807, 2.05) is 42.5 Å². The Labute approximate surface area is 182 Å². The molecule has 1 atom stereocenters. The van der Waals surface area contributed by atoms with Crippen molar-refractivity contribution in [2.75, 3.05) is 0 Å². The summed E-state index contributed by atoms with van der Waals surface area (Å²) in [6.07, 6.45) is 0. The molecule has 0 aliphatic rings. The Morgan fingerprint density at radius 1 is 0.828 bits per heavy atom. The van der Waals surface area contributed by atoms with Crippen molar-refractivity contribution < 1.29 is 4.42 Å². The van der Waals surface area contributed by atoms with Crippen molar-refractivity contribution in [3.05, 3.63) is 107 Å². The minimum absolute atomic E-state index is 0.0258. The second-order valence-corrected chi connectivity index (χ2v) is 9.38. The third kappa shape index (κ3) is 3.97. The topological polar surface area (TPSA) is 26.0 Å². The van der Waals surface area contributed by atoms with Crippen molar-refractivity contribution in [3.8, 4) is 11.3 Å². The van der Waals surface area contributed by atoms with Crippen LogP contribution in [0.3, 0.4) is 0 Å². The highest BCUT2D eigenvalue weighted by Crippen LogP contribution is 2.44. The zero-order valence-electron chi connectivity index (χ0n) is 15.3. The maximum atomic E-state index is 6.29. The Hall–Kier alpha value is -2.53.